The van der Waals surface area contributed by atoms with Crippen molar-refractivity contribution in [3.8, 4) is 16.9 Å². The minimum Gasteiger partial charge on any atom is -0.493 e. The molecule has 0 atom stereocenters. The SMILES string of the molecule is COc1c(N)cc(-c2ccccc2)cc1Cl. The minimum atomic E-state index is 0.529. The molecule has 0 saturated heterocycles. The molecule has 0 aliphatic heterocycles. The molecule has 0 fully saturated rings. The fraction of sp³-hybridized carbons (Fsp3) is 0.0769. The summed E-state index contributed by atoms with van der Waals surface area (Å²) in [5.41, 5.74) is 8.48. The van der Waals surface area contributed by atoms with E-state index in [4.69, 9.17) is 22.1 Å². The predicted octanol–water partition coefficient (Wildman–Crippen LogP) is 3.60. The fourth-order valence-electron chi connectivity index (χ4n) is 1.63. The number of rotatable bonds is 2. The van der Waals surface area contributed by atoms with Gasteiger partial charge in [0.15, 0.2) is 5.75 Å². The molecule has 0 aliphatic carbocycles. The van der Waals surface area contributed by atoms with Crippen molar-refractivity contribution in [3.63, 3.8) is 0 Å². The molecule has 3 heteroatoms. The Morgan fingerprint density at radius 1 is 1.06 bits per heavy atom. The molecule has 16 heavy (non-hydrogen) atoms. The van der Waals surface area contributed by atoms with E-state index in [1.807, 2.05) is 42.5 Å². The van der Waals surface area contributed by atoms with Crippen molar-refractivity contribution in [2.75, 3.05) is 12.8 Å². The van der Waals surface area contributed by atoms with Crippen molar-refractivity contribution in [1.29, 1.82) is 0 Å². The number of hydrogen-bond donors (Lipinski definition) is 1. The van der Waals surface area contributed by atoms with Gasteiger partial charge in [-0.25, -0.2) is 0 Å². The van der Waals surface area contributed by atoms with Crippen LogP contribution in [0.5, 0.6) is 5.75 Å². The van der Waals surface area contributed by atoms with E-state index in [1.54, 1.807) is 7.11 Å². The standard InChI is InChI=1S/C13H12ClNO/c1-16-13-11(14)7-10(8-12(13)15)9-5-3-2-4-6-9/h2-8H,15H2,1H3. The number of nitrogens with two attached hydrogens (primary N) is 1. The Labute approximate surface area is 99.6 Å². The third-order valence-electron chi connectivity index (χ3n) is 2.38. The Morgan fingerprint density at radius 3 is 2.31 bits per heavy atom. The largest absolute Gasteiger partial charge is 0.493 e. The van der Waals surface area contributed by atoms with Crippen LogP contribution in [-0.2, 0) is 0 Å². The number of benzene rings is 2. The lowest BCUT2D eigenvalue weighted by molar-refractivity contribution is 0.417. The molecule has 0 unspecified atom stereocenters. The summed E-state index contributed by atoms with van der Waals surface area (Å²) in [6.45, 7) is 0. The summed E-state index contributed by atoms with van der Waals surface area (Å²) >= 11 is 6.08. The molecule has 0 heterocycles. The van der Waals surface area contributed by atoms with E-state index in [9.17, 15) is 0 Å². The molecule has 2 nitrogen and oxygen atoms in total. The summed E-state index contributed by atoms with van der Waals surface area (Å²) in [5, 5.41) is 0.529. The highest BCUT2D eigenvalue weighted by Gasteiger charge is 2.08. The summed E-state index contributed by atoms with van der Waals surface area (Å²) in [5.74, 6) is 0.529. The highest BCUT2D eigenvalue weighted by Crippen LogP contribution is 2.35. The van der Waals surface area contributed by atoms with Crippen LogP contribution in [0.2, 0.25) is 5.02 Å². The number of anilines is 1. The van der Waals surface area contributed by atoms with Gasteiger partial charge in [-0.1, -0.05) is 41.9 Å². The predicted molar refractivity (Wildman–Crippen MR) is 67.9 cm³/mol. The first kappa shape index (κ1) is 10.8. The topological polar surface area (TPSA) is 35.2 Å². The lowest BCUT2D eigenvalue weighted by atomic mass is 10.0. The van der Waals surface area contributed by atoms with Gasteiger partial charge < -0.3 is 10.5 Å². The van der Waals surface area contributed by atoms with Crippen LogP contribution in [0.4, 0.5) is 5.69 Å². The van der Waals surface area contributed by atoms with Crippen LogP contribution in [0.3, 0.4) is 0 Å². The van der Waals surface area contributed by atoms with Gasteiger partial charge in [-0.15, -0.1) is 0 Å². The molecule has 0 aromatic heterocycles. The zero-order chi connectivity index (χ0) is 11.5. The highest BCUT2D eigenvalue weighted by molar-refractivity contribution is 6.32. The zero-order valence-corrected chi connectivity index (χ0v) is 9.66. The normalized spacial score (nSPS) is 10.1. The first-order valence-electron chi connectivity index (χ1n) is 4.91. The van der Waals surface area contributed by atoms with E-state index in [0.717, 1.165) is 11.1 Å². The average molecular weight is 234 g/mol. The molecule has 2 aromatic rings. The van der Waals surface area contributed by atoms with Crippen molar-refractivity contribution in [3.05, 3.63) is 47.5 Å². The Balaban J connectivity index is 2.53. The summed E-state index contributed by atoms with van der Waals surface area (Å²) in [6, 6.07) is 13.7. The van der Waals surface area contributed by atoms with E-state index >= 15 is 0 Å². The van der Waals surface area contributed by atoms with Gasteiger partial charge >= 0.3 is 0 Å². The van der Waals surface area contributed by atoms with Crippen molar-refractivity contribution in [2.45, 2.75) is 0 Å². The van der Waals surface area contributed by atoms with Gasteiger partial charge in [0, 0.05) is 0 Å². The Bertz CT molecular complexity index is 474. The van der Waals surface area contributed by atoms with Gasteiger partial charge in [0.1, 0.15) is 0 Å². The van der Waals surface area contributed by atoms with E-state index in [1.165, 1.54) is 0 Å². The Hall–Kier alpha value is -1.67. The maximum Gasteiger partial charge on any atom is 0.160 e. The number of ether oxygens (including phenoxy) is 1. The van der Waals surface area contributed by atoms with Crippen molar-refractivity contribution in [2.24, 2.45) is 0 Å². The van der Waals surface area contributed by atoms with Crippen LogP contribution in [0, 0.1) is 0 Å². The monoisotopic (exact) mass is 233 g/mol. The van der Waals surface area contributed by atoms with E-state index < -0.39 is 0 Å². The number of halogens is 1. The maximum absolute atomic E-state index is 6.08. The molecule has 2 N–H and O–H groups in total. The second-order valence-electron chi connectivity index (χ2n) is 3.45. The zero-order valence-electron chi connectivity index (χ0n) is 8.91. The van der Waals surface area contributed by atoms with Crippen molar-refractivity contribution < 1.29 is 4.74 Å². The van der Waals surface area contributed by atoms with Crippen LogP contribution in [0.25, 0.3) is 11.1 Å². The molecule has 0 aliphatic rings. The van der Waals surface area contributed by atoms with Gasteiger partial charge in [-0.05, 0) is 23.3 Å². The van der Waals surface area contributed by atoms with Crippen LogP contribution in [0.1, 0.15) is 0 Å². The van der Waals surface area contributed by atoms with Gasteiger partial charge in [-0.2, -0.15) is 0 Å². The second kappa shape index (κ2) is 4.45. The first-order valence-corrected chi connectivity index (χ1v) is 5.28. The van der Waals surface area contributed by atoms with Crippen LogP contribution >= 0.6 is 11.6 Å². The van der Waals surface area contributed by atoms with Gasteiger partial charge in [-0.3, -0.25) is 0 Å². The van der Waals surface area contributed by atoms with Crippen LogP contribution in [0.15, 0.2) is 42.5 Å². The highest BCUT2D eigenvalue weighted by atomic mass is 35.5. The molecule has 0 spiro atoms. The van der Waals surface area contributed by atoms with Crippen molar-refractivity contribution >= 4 is 17.3 Å². The first-order chi connectivity index (χ1) is 7.72. The molecule has 82 valence electrons. The second-order valence-corrected chi connectivity index (χ2v) is 3.85. The van der Waals surface area contributed by atoms with E-state index in [-0.39, 0.29) is 0 Å². The molecule has 2 rings (SSSR count). The molecule has 0 radical (unpaired) electrons. The minimum absolute atomic E-state index is 0.529. The van der Waals surface area contributed by atoms with Crippen molar-refractivity contribution in [1.82, 2.24) is 0 Å². The third kappa shape index (κ3) is 1.97. The lowest BCUT2D eigenvalue weighted by Gasteiger charge is -2.09. The maximum atomic E-state index is 6.08. The summed E-state index contributed by atoms with van der Waals surface area (Å²) < 4.78 is 5.11. The summed E-state index contributed by atoms with van der Waals surface area (Å²) in [7, 11) is 1.56. The van der Waals surface area contributed by atoms with E-state index in [0.29, 0.717) is 16.5 Å². The molecular weight excluding hydrogens is 222 g/mol. The molecular formula is C13H12ClNO. The Kier molecular flexibility index (Phi) is 3.02. The van der Waals surface area contributed by atoms with Crippen LogP contribution in [-0.4, -0.2) is 7.11 Å². The average Bonchev–Trinajstić information content (AvgIpc) is 2.30. The van der Waals surface area contributed by atoms with Gasteiger partial charge in [0.05, 0.1) is 17.8 Å². The van der Waals surface area contributed by atoms with E-state index in [2.05, 4.69) is 0 Å². The smallest absolute Gasteiger partial charge is 0.160 e. The Morgan fingerprint density at radius 2 is 1.75 bits per heavy atom. The molecule has 0 amide bonds. The fourth-order valence-corrected chi connectivity index (χ4v) is 1.93. The van der Waals surface area contributed by atoms with Gasteiger partial charge in [0.2, 0.25) is 0 Å². The molecule has 0 bridgehead atoms. The van der Waals surface area contributed by atoms with Crippen LogP contribution < -0.4 is 10.5 Å². The van der Waals surface area contributed by atoms with Gasteiger partial charge in [0.25, 0.3) is 0 Å². The quantitative estimate of drug-likeness (QED) is 0.805. The summed E-state index contributed by atoms with van der Waals surface area (Å²) in [4.78, 5) is 0. The lowest BCUT2D eigenvalue weighted by Crippen LogP contribution is -1.93. The molecule has 2 aromatic carbocycles. The third-order valence-corrected chi connectivity index (χ3v) is 2.66. The number of hydrogen-bond acceptors (Lipinski definition) is 2. The number of nitrogen functional groups attached to an aromatic ring is 1. The number of methoxy groups -OCH3 is 1. The summed E-state index contributed by atoms with van der Waals surface area (Å²) in [6.07, 6.45) is 0. The molecule has 0 saturated carbocycles.